The van der Waals surface area contributed by atoms with Crippen LogP contribution in [0.3, 0.4) is 0 Å². The minimum absolute atomic E-state index is 0.135. The number of halogens is 1. The van der Waals surface area contributed by atoms with Crippen LogP contribution in [0.15, 0.2) is 23.6 Å². The third-order valence-corrected chi connectivity index (χ3v) is 3.29. The van der Waals surface area contributed by atoms with E-state index >= 15 is 0 Å². The molecule has 6 heteroatoms. The first-order chi connectivity index (χ1) is 8.60. The molecular weight excluding hydrogens is 272 g/mol. The Hall–Kier alpha value is -1.59. The Morgan fingerprint density at radius 2 is 2.28 bits per heavy atom. The maximum Gasteiger partial charge on any atom is 0.223 e. The lowest BCUT2D eigenvalue weighted by Crippen LogP contribution is -2.04. The van der Waals surface area contributed by atoms with Gasteiger partial charge in [-0.2, -0.15) is 0 Å². The van der Waals surface area contributed by atoms with Crippen LogP contribution < -0.4 is 10.1 Å². The topological polar surface area (TPSA) is 51.2 Å². The molecule has 0 saturated carbocycles. The third-order valence-electron chi connectivity index (χ3n) is 2.23. The zero-order chi connectivity index (χ0) is 13.1. The van der Waals surface area contributed by atoms with E-state index in [-0.39, 0.29) is 5.91 Å². The fourth-order valence-electron chi connectivity index (χ4n) is 1.44. The van der Waals surface area contributed by atoms with Crippen molar-refractivity contribution in [2.75, 3.05) is 12.4 Å². The molecule has 0 aliphatic heterocycles. The minimum atomic E-state index is -0.135. The number of ether oxygens (including phenoxy) is 1. The van der Waals surface area contributed by atoms with Crippen molar-refractivity contribution in [1.29, 1.82) is 0 Å². The number of benzene rings is 1. The molecule has 1 heterocycles. The van der Waals surface area contributed by atoms with E-state index < -0.39 is 0 Å². The number of carbonyl (C=O) groups excluding carboxylic acids is 1. The van der Waals surface area contributed by atoms with Gasteiger partial charge in [0.2, 0.25) is 5.91 Å². The lowest BCUT2D eigenvalue weighted by atomic mass is 10.2. The van der Waals surface area contributed by atoms with Crippen LogP contribution in [0.5, 0.6) is 5.75 Å². The molecule has 0 radical (unpaired) electrons. The van der Waals surface area contributed by atoms with Crippen LogP contribution in [-0.4, -0.2) is 18.0 Å². The lowest BCUT2D eigenvalue weighted by molar-refractivity contribution is -0.114. The molecule has 2 aromatic rings. The molecule has 0 aliphatic carbocycles. The third kappa shape index (κ3) is 2.80. The second kappa shape index (κ2) is 5.37. The number of carbonyl (C=O) groups is 1. The van der Waals surface area contributed by atoms with Gasteiger partial charge in [-0.05, 0) is 18.2 Å². The highest BCUT2D eigenvalue weighted by Crippen LogP contribution is 2.31. The van der Waals surface area contributed by atoms with Gasteiger partial charge >= 0.3 is 0 Å². The van der Waals surface area contributed by atoms with Crippen molar-refractivity contribution < 1.29 is 9.53 Å². The molecule has 0 atom stereocenters. The fourth-order valence-corrected chi connectivity index (χ4v) is 2.46. The van der Waals surface area contributed by atoms with Crippen molar-refractivity contribution in [2.45, 2.75) is 6.92 Å². The second-order valence-corrected chi connectivity index (χ2v) is 4.83. The monoisotopic (exact) mass is 282 g/mol. The maximum atomic E-state index is 10.9. The average molecular weight is 283 g/mol. The zero-order valence-electron chi connectivity index (χ0n) is 9.86. The van der Waals surface area contributed by atoms with Gasteiger partial charge in [0.05, 0.1) is 17.8 Å². The molecule has 4 nitrogen and oxygen atoms in total. The van der Waals surface area contributed by atoms with Gasteiger partial charge in [-0.15, -0.1) is 11.3 Å². The Morgan fingerprint density at radius 3 is 2.89 bits per heavy atom. The molecule has 1 aromatic carbocycles. The minimum Gasteiger partial charge on any atom is -0.495 e. The molecular formula is C12H11ClN2O2S. The van der Waals surface area contributed by atoms with Crippen LogP contribution >= 0.6 is 22.9 Å². The van der Waals surface area contributed by atoms with Crippen molar-refractivity contribution >= 4 is 34.0 Å². The summed E-state index contributed by atoms with van der Waals surface area (Å²) >= 11 is 7.42. The highest BCUT2D eigenvalue weighted by molar-refractivity contribution is 7.14. The van der Waals surface area contributed by atoms with E-state index in [9.17, 15) is 4.79 Å². The first-order valence-corrected chi connectivity index (χ1v) is 6.43. The zero-order valence-corrected chi connectivity index (χ0v) is 11.4. The van der Waals surface area contributed by atoms with Crippen LogP contribution in [0.1, 0.15) is 6.92 Å². The lowest BCUT2D eigenvalue weighted by Gasteiger charge is -2.04. The van der Waals surface area contributed by atoms with Gasteiger partial charge in [-0.1, -0.05) is 11.6 Å². The summed E-state index contributed by atoms with van der Waals surface area (Å²) in [4.78, 5) is 15.2. The Labute approximate surface area is 114 Å². The Balaban J connectivity index is 2.28. The number of amides is 1. The van der Waals surface area contributed by atoms with E-state index in [1.54, 1.807) is 19.2 Å². The molecule has 0 saturated heterocycles. The number of thiazole rings is 1. The SMILES string of the molecule is COc1ccc(-c2csc(NC(C)=O)n2)cc1Cl. The molecule has 94 valence electrons. The summed E-state index contributed by atoms with van der Waals surface area (Å²) in [7, 11) is 1.57. The number of methoxy groups -OCH3 is 1. The maximum absolute atomic E-state index is 10.9. The van der Waals surface area contributed by atoms with E-state index in [1.807, 2.05) is 11.4 Å². The van der Waals surface area contributed by atoms with Gasteiger partial charge in [0, 0.05) is 17.9 Å². The van der Waals surface area contributed by atoms with Crippen LogP contribution in [0, 0.1) is 0 Å². The van der Waals surface area contributed by atoms with Crippen molar-refractivity contribution in [2.24, 2.45) is 0 Å². The van der Waals surface area contributed by atoms with Gasteiger partial charge in [0.25, 0.3) is 0 Å². The Kier molecular flexibility index (Phi) is 3.84. The fraction of sp³-hybridized carbons (Fsp3) is 0.167. The number of aromatic nitrogens is 1. The molecule has 0 bridgehead atoms. The van der Waals surface area contributed by atoms with E-state index in [0.29, 0.717) is 15.9 Å². The van der Waals surface area contributed by atoms with Crippen LogP contribution in [0.25, 0.3) is 11.3 Å². The molecule has 1 amide bonds. The quantitative estimate of drug-likeness (QED) is 0.938. The molecule has 1 aromatic heterocycles. The first-order valence-electron chi connectivity index (χ1n) is 5.17. The molecule has 18 heavy (non-hydrogen) atoms. The normalized spacial score (nSPS) is 10.2. The largest absolute Gasteiger partial charge is 0.495 e. The summed E-state index contributed by atoms with van der Waals surface area (Å²) in [6.07, 6.45) is 0. The van der Waals surface area contributed by atoms with Gasteiger partial charge < -0.3 is 10.1 Å². The number of anilines is 1. The van der Waals surface area contributed by atoms with Crippen LogP contribution in [-0.2, 0) is 4.79 Å². The molecule has 1 N–H and O–H groups in total. The van der Waals surface area contributed by atoms with Gasteiger partial charge in [-0.3, -0.25) is 4.79 Å². The van der Waals surface area contributed by atoms with Crippen molar-refractivity contribution in [3.8, 4) is 17.0 Å². The predicted molar refractivity (Wildman–Crippen MR) is 73.4 cm³/mol. The average Bonchev–Trinajstić information content (AvgIpc) is 2.76. The van der Waals surface area contributed by atoms with Gasteiger partial charge in [0.1, 0.15) is 5.75 Å². The van der Waals surface area contributed by atoms with Gasteiger partial charge in [-0.25, -0.2) is 4.98 Å². The van der Waals surface area contributed by atoms with Gasteiger partial charge in [0.15, 0.2) is 5.13 Å². The number of hydrogen-bond acceptors (Lipinski definition) is 4. The highest BCUT2D eigenvalue weighted by Gasteiger charge is 2.08. The molecule has 0 fully saturated rings. The van der Waals surface area contributed by atoms with E-state index in [2.05, 4.69) is 10.3 Å². The predicted octanol–water partition coefficient (Wildman–Crippen LogP) is 3.43. The van der Waals surface area contributed by atoms with E-state index in [4.69, 9.17) is 16.3 Å². The number of nitrogens with one attached hydrogen (secondary N) is 1. The summed E-state index contributed by atoms with van der Waals surface area (Å²) < 4.78 is 5.09. The molecule has 0 spiro atoms. The van der Waals surface area contributed by atoms with Crippen molar-refractivity contribution in [3.05, 3.63) is 28.6 Å². The highest BCUT2D eigenvalue weighted by atomic mass is 35.5. The smallest absolute Gasteiger partial charge is 0.223 e. The number of hydrogen-bond donors (Lipinski definition) is 1. The standard InChI is InChI=1S/C12H11ClN2O2S/c1-7(16)14-12-15-10(6-18-12)8-3-4-11(17-2)9(13)5-8/h3-6H,1-2H3,(H,14,15,16). The summed E-state index contributed by atoms with van der Waals surface area (Å²) in [5.41, 5.74) is 1.65. The number of nitrogens with zero attached hydrogens (tertiary/aromatic N) is 1. The Morgan fingerprint density at radius 1 is 1.50 bits per heavy atom. The first kappa shape index (κ1) is 12.9. The van der Waals surface area contributed by atoms with Crippen molar-refractivity contribution in [1.82, 2.24) is 4.98 Å². The molecule has 0 aliphatic rings. The Bertz CT molecular complexity index is 583. The summed E-state index contributed by atoms with van der Waals surface area (Å²) in [5.74, 6) is 0.487. The van der Waals surface area contributed by atoms with Crippen LogP contribution in [0.4, 0.5) is 5.13 Å². The van der Waals surface area contributed by atoms with Crippen molar-refractivity contribution in [3.63, 3.8) is 0 Å². The number of rotatable bonds is 3. The summed E-state index contributed by atoms with van der Waals surface area (Å²) in [6.45, 7) is 1.45. The second-order valence-electron chi connectivity index (χ2n) is 3.57. The van der Waals surface area contributed by atoms with E-state index in [0.717, 1.165) is 11.3 Å². The van der Waals surface area contributed by atoms with E-state index in [1.165, 1.54) is 18.3 Å². The molecule has 2 rings (SSSR count). The van der Waals surface area contributed by atoms with Crippen LogP contribution in [0.2, 0.25) is 5.02 Å². The summed E-state index contributed by atoms with van der Waals surface area (Å²) in [6, 6.07) is 5.44. The molecule has 0 unspecified atom stereocenters. The summed E-state index contributed by atoms with van der Waals surface area (Å²) in [5, 5.41) is 5.61.